The number of carbonyl (C=O) groups excluding carboxylic acids is 1. The van der Waals surface area contributed by atoms with Crippen LogP contribution >= 0.6 is 11.3 Å². The first kappa shape index (κ1) is 16.3. The van der Waals surface area contributed by atoms with E-state index in [1.54, 1.807) is 12.3 Å². The maximum absolute atomic E-state index is 12.5. The monoisotopic (exact) mass is 330 g/mol. The van der Waals surface area contributed by atoms with Crippen molar-refractivity contribution in [1.29, 1.82) is 0 Å². The molecule has 118 valence electrons. The third-order valence-electron chi connectivity index (χ3n) is 2.65. The molecule has 0 aliphatic rings. The topological polar surface area (TPSA) is 51.2 Å². The van der Waals surface area contributed by atoms with Gasteiger partial charge < -0.3 is 10.1 Å². The zero-order valence-electron chi connectivity index (χ0n) is 11.6. The lowest BCUT2D eigenvalue weighted by Gasteiger charge is -2.07. The second kappa shape index (κ2) is 6.78. The van der Waals surface area contributed by atoms with Crippen molar-refractivity contribution in [2.45, 2.75) is 19.5 Å². The molecule has 0 unspecified atom stereocenters. The van der Waals surface area contributed by atoms with Gasteiger partial charge in [-0.1, -0.05) is 0 Å². The molecule has 0 aliphatic carbocycles. The Kier molecular flexibility index (Phi) is 5.02. The second-order valence-electron chi connectivity index (χ2n) is 4.33. The van der Waals surface area contributed by atoms with Crippen LogP contribution in [0.1, 0.15) is 18.2 Å². The van der Waals surface area contributed by atoms with Crippen molar-refractivity contribution < 1.29 is 22.7 Å². The van der Waals surface area contributed by atoms with E-state index >= 15 is 0 Å². The summed E-state index contributed by atoms with van der Waals surface area (Å²) in [6, 6.07) is 4.65. The molecule has 0 spiro atoms. The van der Waals surface area contributed by atoms with Crippen LogP contribution in [0.5, 0.6) is 0 Å². The molecule has 1 N–H and O–H groups in total. The summed E-state index contributed by atoms with van der Waals surface area (Å²) in [7, 11) is 0. The summed E-state index contributed by atoms with van der Waals surface area (Å²) >= 11 is 1.26. The number of nitrogens with zero attached hydrogens (tertiary/aromatic N) is 1. The number of rotatable bonds is 5. The van der Waals surface area contributed by atoms with Crippen molar-refractivity contribution in [2.24, 2.45) is 0 Å². The summed E-state index contributed by atoms with van der Waals surface area (Å²) in [6.45, 7) is 2.02. The fraction of sp³-hybridized carbons (Fsp3) is 0.286. The fourth-order valence-corrected chi connectivity index (χ4v) is 2.40. The summed E-state index contributed by atoms with van der Waals surface area (Å²) in [5.74, 6) is -0.367. The summed E-state index contributed by atoms with van der Waals surface area (Å²) < 4.78 is 42.2. The first-order valence-electron chi connectivity index (χ1n) is 6.43. The molecule has 1 aromatic heterocycles. The maximum atomic E-state index is 12.5. The highest BCUT2D eigenvalue weighted by atomic mass is 32.1. The molecule has 0 radical (unpaired) electrons. The zero-order chi connectivity index (χ0) is 16.2. The van der Waals surface area contributed by atoms with Gasteiger partial charge in [0.25, 0.3) is 0 Å². The summed E-state index contributed by atoms with van der Waals surface area (Å²) in [4.78, 5) is 15.5. The number of halogens is 3. The number of nitrogens with one attached hydrogen (secondary N) is 1. The molecule has 4 nitrogen and oxygen atoms in total. The molecule has 1 aromatic carbocycles. The van der Waals surface area contributed by atoms with Crippen LogP contribution in [0.4, 0.5) is 24.0 Å². The molecule has 8 heteroatoms. The lowest BCUT2D eigenvalue weighted by Crippen LogP contribution is -2.07. The molecular formula is C14H13F3N2O2S. The Morgan fingerprint density at radius 2 is 2.00 bits per heavy atom. The first-order valence-corrected chi connectivity index (χ1v) is 7.30. The minimum atomic E-state index is -4.35. The highest BCUT2D eigenvalue weighted by Gasteiger charge is 2.29. The molecule has 1 heterocycles. The van der Waals surface area contributed by atoms with Gasteiger partial charge in [-0.05, 0) is 31.2 Å². The minimum absolute atomic E-state index is 0.0685. The summed E-state index contributed by atoms with van der Waals surface area (Å²) in [5.41, 5.74) is 0.336. The SMILES string of the molecule is CCOC(=O)Cc1csc(Nc2ccc(C(F)(F)F)cc2)n1. The molecule has 22 heavy (non-hydrogen) atoms. The average Bonchev–Trinajstić information content (AvgIpc) is 2.85. The van der Waals surface area contributed by atoms with Crippen molar-refractivity contribution in [2.75, 3.05) is 11.9 Å². The number of carbonyl (C=O) groups is 1. The minimum Gasteiger partial charge on any atom is -0.466 e. The van der Waals surface area contributed by atoms with Crippen molar-refractivity contribution in [1.82, 2.24) is 4.98 Å². The summed E-state index contributed by atoms with van der Waals surface area (Å²) in [5, 5.41) is 5.09. The molecule has 0 bridgehead atoms. The Bertz CT molecular complexity index is 638. The Balaban J connectivity index is 1.99. The molecule has 0 amide bonds. The first-order chi connectivity index (χ1) is 10.4. The number of aromatic nitrogens is 1. The molecule has 2 aromatic rings. The van der Waals surface area contributed by atoms with Gasteiger partial charge in [-0.15, -0.1) is 11.3 Å². The van der Waals surface area contributed by atoms with E-state index in [0.717, 1.165) is 12.1 Å². The highest BCUT2D eigenvalue weighted by molar-refractivity contribution is 7.13. The van der Waals surface area contributed by atoms with Gasteiger partial charge in [-0.2, -0.15) is 13.2 Å². The standard InChI is InChI=1S/C14H13F3N2O2S/c1-2-21-12(20)7-11-8-22-13(19-11)18-10-5-3-9(4-6-10)14(15,16)17/h3-6,8H,2,7H2,1H3,(H,18,19). The molecule has 0 saturated heterocycles. The number of esters is 1. The van der Waals surface area contributed by atoms with Gasteiger partial charge in [-0.3, -0.25) is 4.79 Å². The molecule has 0 aliphatic heterocycles. The molecular weight excluding hydrogens is 317 g/mol. The number of hydrogen-bond acceptors (Lipinski definition) is 5. The van der Waals surface area contributed by atoms with Gasteiger partial charge in [0.2, 0.25) is 0 Å². The van der Waals surface area contributed by atoms with Crippen LogP contribution in [0, 0.1) is 0 Å². The van der Waals surface area contributed by atoms with E-state index in [0.29, 0.717) is 23.1 Å². The van der Waals surface area contributed by atoms with Gasteiger partial charge in [0.15, 0.2) is 5.13 Å². The van der Waals surface area contributed by atoms with Crippen molar-refractivity contribution in [3.05, 3.63) is 40.9 Å². The van der Waals surface area contributed by atoms with E-state index in [-0.39, 0.29) is 12.4 Å². The van der Waals surface area contributed by atoms with Crippen LogP contribution in [0.15, 0.2) is 29.6 Å². The normalized spacial score (nSPS) is 11.3. The van der Waals surface area contributed by atoms with Crippen LogP contribution in [-0.4, -0.2) is 17.6 Å². The maximum Gasteiger partial charge on any atom is 0.416 e. The average molecular weight is 330 g/mol. The number of alkyl halides is 3. The van der Waals surface area contributed by atoms with Crippen LogP contribution in [0.2, 0.25) is 0 Å². The Labute approximate surface area is 128 Å². The third kappa shape index (κ3) is 4.45. The molecule has 0 atom stereocenters. The number of benzene rings is 1. The van der Waals surface area contributed by atoms with E-state index < -0.39 is 11.7 Å². The van der Waals surface area contributed by atoms with Crippen LogP contribution in [-0.2, 0) is 22.1 Å². The molecule has 2 rings (SSSR count). The van der Waals surface area contributed by atoms with Gasteiger partial charge in [0.1, 0.15) is 0 Å². The van der Waals surface area contributed by atoms with Gasteiger partial charge in [0, 0.05) is 11.1 Å². The Morgan fingerprint density at radius 1 is 1.32 bits per heavy atom. The van der Waals surface area contributed by atoms with Crippen molar-refractivity contribution >= 4 is 28.1 Å². The largest absolute Gasteiger partial charge is 0.466 e. The third-order valence-corrected chi connectivity index (χ3v) is 3.45. The van der Waals surface area contributed by atoms with Gasteiger partial charge in [-0.25, -0.2) is 4.98 Å². The van der Waals surface area contributed by atoms with Gasteiger partial charge >= 0.3 is 12.1 Å². The van der Waals surface area contributed by atoms with E-state index in [1.165, 1.54) is 23.5 Å². The zero-order valence-corrected chi connectivity index (χ0v) is 12.4. The van der Waals surface area contributed by atoms with Crippen LogP contribution in [0.25, 0.3) is 0 Å². The fourth-order valence-electron chi connectivity index (χ4n) is 1.67. The number of ether oxygens (including phenoxy) is 1. The Morgan fingerprint density at radius 3 is 2.59 bits per heavy atom. The molecule has 0 fully saturated rings. The smallest absolute Gasteiger partial charge is 0.416 e. The highest BCUT2D eigenvalue weighted by Crippen LogP contribution is 2.30. The van der Waals surface area contributed by atoms with Crippen LogP contribution < -0.4 is 5.32 Å². The Hall–Kier alpha value is -2.09. The van der Waals surface area contributed by atoms with E-state index in [9.17, 15) is 18.0 Å². The number of thiazole rings is 1. The van der Waals surface area contributed by atoms with E-state index in [2.05, 4.69) is 10.3 Å². The van der Waals surface area contributed by atoms with Gasteiger partial charge in [0.05, 0.1) is 24.3 Å². The predicted octanol–water partition coefficient (Wildman–Crippen LogP) is 4.01. The van der Waals surface area contributed by atoms with Crippen molar-refractivity contribution in [3.63, 3.8) is 0 Å². The predicted molar refractivity (Wildman–Crippen MR) is 77.2 cm³/mol. The van der Waals surface area contributed by atoms with Crippen LogP contribution in [0.3, 0.4) is 0 Å². The summed E-state index contributed by atoms with van der Waals surface area (Å²) in [6.07, 6.45) is -4.29. The van der Waals surface area contributed by atoms with E-state index in [4.69, 9.17) is 4.74 Å². The lowest BCUT2D eigenvalue weighted by atomic mass is 10.2. The molecule has 0 saturated carbocycles. The van der Waals surface area contributed by atoms with Crippen molar-refractivity contribution in [3.8, 4) is 0 Å². The quantitative estimate of drug-likeness (QED) is 0.842. The second-order valence-corrected chi connectivity index (χ2v) is 5.18. The number of anilines is 2. The number of hydrogen-bond donors (Lipinski definition) is 1. The van der Waals surface area contributed by atoms with E-state index in [1.807, 2.05) is 0 Å². The lowest BCUT2D eigenvalue weighted by molar-refractivity contribution is -0.142.